The van der Waals surface area contributed by atoms with Crippen molar-refractivity contribution in [3.63, 3.8) is 0 Å². The van der Waals surface area contributed by atoms with Crippen LogP contribution >= 0.6 is 0 Å². The SMILES string of the molecule is CCN(CC)c1ccc(NC(=O)C2(C(=O)NCc3cccc(C)c3)CC2)cc1. The summed E-state index contributed by atoms with van der Waals surface area (Å²) in [6.45, 7) is 8.57. The Morgan fingerprint density at radius 2 is 1.68 bits per heavy atom. The van der Waals surface area contributed by atoms with Crippen LogP contribution in [0.5, 0.6) is 0 Å². The van der Waals surface area contributed by atoms with Crippen LogP contribution in [-0.4, -0.2) is 24.9 Å². The number of aryl methyl sites for hydroxylation is 1. The standard InChI is InChI=1S/C23H29N3O2/c1-4-26(5-2)20-11-9-19(10-12-20)25-22(28)23(13-14-23)21(27)24-16-18-8-6-7-17(3)15-18/h6-12,15H,4-5,13-14,16H2,1-3H3,(H,24,27)(H,25,28). The molecule has 1 aliphatic rings. The van der Waals surface area contributed by atoms with Crippen LogP contribution in [0.3, 0.4) is 0 Å². The minimum absolute atomic E-state index is 0.189. The molecule has 2 N–H and O–H groups in total. The van der Waals surface area contributed by atoms with Crippen LogP contribution in [0.25, 0.3) is 0 Å². The van der Waals surface area contributed by atoms with Crippen molar-refractivity contribution in [3.05, 3.63) is 59.7 Å². The Labute approximate surface area is 167 Å². The van der Waals surface area contributed by atoms with Crippen molar-refractivity contribution in [2.75, 3.05) is 23.3 Å². The number of carbonyl (C=O) groups excluding carboxylic acids is 2. The van der Waals surface area contributed by atoms with Gasteiger partial charge in [-0.05, 0) is 63.4 Å². The molecule has 28 heavy (non-hydrogen) atoms. The van der Waals surface area contributed by atoms with Gasteiger partial charge in [0.2, 0.25) is 11.8 Å². The Bertz CT molecular complexity index is 837. The van der Waals surface area contributed by atoms with E-state index in [-0.39, 0.29) is 11.8 Å². The van der Waals surface area contributed by atoms with Gasteiger partial charge < -0.3 is 15.5 Å². The highest BCUT2D eigenvalue weighted by Gasteiger charge is 2.56. The predicted octanol–water partition coefficient (Wildman–Crippen LogP) is 3.88. The topological polar surface area (TPSA) is 61.4 Å². The molecule has 148 valence electrons. The van der Waals surface area contributed by atoms with E-state index in [4.69, 9.17) is 0 Å². The third-order valence-corrected chi connectivity index (χ3v) is 5.41. The normalized spacial score (nSPS) is 14.2. The summed E-state index contributed by atoms with van der Waals surface area (Å²) in [5.41, 5.74) is 3.11. The van der Waals surface area contributed by atoms with Gasteiger partial charge in [-0.3, -0.25) is 9.59 Å². The lowest BCUT2D eigenvalue weighted by Crippen LogP contribution is -2.39. The van der Waals surface area contributed by atoms with Gasteiger partial charge in [0, 0.05) is 31.0 Å². The van der Waals surface area contributed by atoms with Gasteiger partial charge in [0.05, 0.1) is 0 Å². The molecule has 0 heterocycles. The van der Waals surface area contributed by atoms with Gasteiger partial charge in [-0.15, -0.1) is 0 Å². The molecule has 2 aromatic carbocycles. The molecule has 0 saturated heterocycles. The molecule has 1 fully saturated rings. The molecule has 1 saturated carbocycles. The number of benzene rings is 2. The largest absolute Gasteiger partial charge is 0.372 e. The zero-order valence-corrected chi connectivity index (χ0v) is 16.9. The third kappa shape index (κ3) is 4.35. The maximum Gasteiger partial charge on any atom is 0.240 e. The van der Waals surface area contributed by atoms with Crippen molar-refractivity contribution < 1.29 is 9.59 Å². The lowest BCUT2D eigenvalue weighted by molar-refractivity contribution is -0.134. The van der Waals surface area contributed by atoms with E-state index < -0.39 is 5.41 Å². The number of hydrogen-bond donors (Lipinski definition) is 2. The summed E-state index contributed by atoms with van der Waals surface area (Å²) >= 11 is 0. The lowest BCUT2D eigenvalue weighted by Gasteiger charge is -2.21. The van der Waals surface area contributed by atoms with Gasteiger partial charge in [0.1, 0.15) is 5.41 Å². The molecule has 0 aliphatic heterocycles. The molecule has 5 nitrogen and oxygen atoms in total. The van der Waals surface area contributed by atoms with Gasteiger partial charge in [-0.1, -0.05) is 29.8 Å². The molecule has 5 heteroatoms. The monoisotopic (exact) mass is 379 g/mol. The van der Waals surface area contributed by atoms with Crippen LogP contribution < -0.4 is 15.5 Å². The fraction of sp³-hybridized carbons (Fsp3) is 0.391. The molecule has 3 rings (SSSR count). The minimum atomic E-state index is -0.929. The fourth-order valence-corrected chi connectivity index (χ4v) is 3.45. The van der Waals surface area contributed by atoms with E-state index in [1.165, 1.54) is 0 Å². The van der Waals surface area contributed by atoms with Crippen LogP contribution in [0.4, 0.5) is 11.4 Å². The summed E-state index contributed by atoms with van der Waals surface area (Å²) in [7, 11) is 0. The Hall–Kier alpha value is -2.82. The molecule has 0 spiro atoms. The second-order valence-electron chi connectivity index (χ2n) is 7.43. The highest BCUT2D eigenvalue weighted by molar-refractivity contribution is 6.13. The molecule has 1 aliphatic carbocycles. The first-order valence-electron chi connectivity index (χ1n) is 9.99. The molecule has 2 aromatic rings. The second-order valence-corrected chi connectivity index (χ2v) is 7.43. The summed E-state index contributed by atoms with van der Waals surface area (Å²) < 4.78 is 0. The van der Waals surface area contributed by atoms with Crippen molar-refractivity contribution in [1.82, 2.24) is 5.32 Å². The summed E-state index contributed by atoms with van der Waals surface area (Å²) in [4.78, 5) is 27.7. The van der Waals surface area contributed by atoms with Crippen LogP contribution in [-0.2, 0) is 16.1 Å². The van der Waals surface area contributed by atoms with Gasteiger partial charge in [-0.25, -0.2) is 0 Å². The second kappa shape index (κ2) is 8.46. The van der Waals surface area contributed by atoms with Crippen molar-refractivity contribution in [1.29, 1.82) is 0 Å². The zero-order chi connectivity index (χ0) is 20.1. The summed E-state index contributed by atoms with van der Waals surface area (Å²) in [6, 6.07) is 15.8. The molecule has 0 aromatic heterocycles. The van der Waals surface area contributed by atoms with Gasteiger partial charge in [0.25, 0.3) is 0 Å². The highest BCUT2D eigenvalue weighted by atomic mass is 16.2. The third-order valence-electron chi connectivity index (χ3n) is 5.41. The quantitative estimate of drug-likeness (QED) is 0.685. The van der Waals surface area contributed by atoms with Crippen molar-refractivity contribution in [2.45, 2.75) is 40.2 Å². The molecule has 0 unspecified atom stereocenters. The zero-order valence-electron chi connectivity index (χ0n) is 16.9. The van der Waals surface area contributed by atoms with E-state index in [2.05, 4.69) is 29.4 Å². The number of anilines is 2. The van der Waals surface area contributed by atoms with E-state index >= 15 is 0 Å². The number of nitrogens with one attached hydrogen (secondary N) is 2. The van der Waals surface area contributed by atoms with E-state index in [0.29, 0.717) is 19.4 Å². The van der Waals surface area contributed by atoms with E-state index in [1.54, 1.807) is 0 Å². The molecule has 0 radical (unpaired) electrons. The van der Waals surface area contributed by atoms with Crippen LogP contribution in [0.2, 0.25) is 0 Å². The average molecular weight is 380 g/mol. The molecule has 0 bridgehead atoms. The maximum absolute atomic E-state index is 12.8. The predicted molar refractivity (Wildman–Crippen MR) is 113 cm³/mol. The first-order chi connectivity index (χ1) is 13.5. The molecule has 2 amide bonds. The van der Waals surface area contributed by atoms with Gasteiger partial charge in [0.15, 0.2) is 0 Å². The minimum Gasteiger partial charge on any atom is -0.372 e. The Balaban J connectivity index is 1.59. The Morgan fingerprint density at radius 1 is 1.00 bits per heavy atom. The fourth-order valence-electron chi connectivity index (χ4n) is 3.45. The Morgan fingerprint density at radius 3 is 2.25 bits per heavy atom. The average Bonchev–Trinajstić information content (AvgIpc) is 3.50. The molecule has 0 atom stereocenters. The number of carbonyl (C=O) groups is 2. The van der Waals surface area contributed by atoms with Gasteiger partial charge >= 0.3 is 0 Å². The number of amides is 2. The van der Waals surface area contributed by atoms with E-state index in [9.17, 15) is 9.59 Å². The first-order valence-corrected chi connectivity index (χ1v) is 9.99. The number of rotatable bonds is 8. The van der Waals surface area contributed by atoms with Crippen LogP contribution in [0.1, 0.15) is 37.8 Å². The number of hydrogen-bond acceptors (Lipinski definition) is 3. The van der Waals surface area contributed by atoms with Crippen LogP contribution in [0.15, 0.2) is 48.5 Å². The molecular formula is C23H29N3O2. The first kappa shape index (κ1) is 19.9. The van der Waals surface area contributed by atoms with Crippen molar-refractivity contribution in [3.8, 4) is 0 Å². The smallest absolute Gasteiger partial charge is 0.240 e. The van der Waals surface area contributed by atoms with E-state index in [1.807, 2.05) is 55.5 Å². The maximum atomic E-state index is 12.8. The summed E-state index contributed by atoms with van der Waals surface area (Å²) in [6.07, 6.45) is 1.19. The van der Waals surface area contributed by atoms with Crippen molar-refractivity contribution >= 4 is 23.2 Å². The molecular weight excluding hydrogens is 350 g/mol. The summed E-state index contributed by atoms with van der Waals surface area (Å²) in [5, 5.41) is 5.85. The Kier molecular flexibility index (Phi) is 6.02. The van der Waals surface area contributed by atoms with Gasteiger partial charge in [-0.2, -0.15) is 0 Å². The highest BCUT2D eigenvalue weighted by Crippen LogP contribution is 2.47. The summed E-state index contributed by atoms with van der Waals surface area (Å²) in [5.74, 6) is -0.406. The number of nitrogens with zero attached hydrogens (tertiary/aromatic N) is 1. The van der Waals surface area contributed by atoms with E-state index in [0.717, 1.165) is 35.6 Å². The van der Waals surface area contributed by atoms with Crippen molar-refractivity contribution in [2.24, 2.45) is 5.41 Å². The van der Waals surface area contributed by atoms with Crippen LogP contribution in [0, 0.1) is 12.3 Å². The lowest BCUT2D eigenvalue weighted by atomic mass is 10.0.